The van der Waals surface area contributed by atoms with Gasteiger partial charge in [0.1, 0.15) is 0 Å². The van der Waals surface area contributed by atoms with E-state index in [2.05, 4.69) is 5.73 Å². The number of nitrogens with two attached hydrogens (primary N) is 1. The monoisotopic (exact) mass is 207 g/mol. The Bertz CT molecular complexity index is 165. The first kappa shape index (κ1) is 14.1. The highest BCUT2D eigenvalue weighted by molar-refractivity contribution is 5.85. The summed E-state index contributed by atoms with van der Waals surface area (Å²) in [6.45, 7) is 0.735. The molecule has 0 aliphatic heterocycles. The number of halogens is 4. The highest BCUT2D eigenvalue weighted by Gasteiger charge is 2.44. The van der Waals surface area contributed by atoms with Gasteiger partial charge in [-0.2, -0.15) is 0 Å². The van der Waals surface area contributed by atoms with E-state index in [1.807, 2.05) is 0 Å². The van der Waals surface area contributed by atoms with E-state index in [-0.39, 0.29) is 12.4 Å². The molecule has 0 rings (SSSR count). The van der Waals surface area contributed by atoms with Crippen molar-refractivity contribution in [1.82, 2.24) is 0 Å². The minimum absolute atomic E-state index is 0. The maximum Gasteiger partial charge on any atom is 0.357 e. The Morgan fingerprint density at radius 2 is 1.92 bits per heavy atom. The Morgan fingerprint density at radius 3 is 2.00 bits per heavy atom. The maximum absolute atomic E-state index is 12.6. The summed E-state index contributed by atoms with van der Waals surface area (Å²) in [5, 5.41) is 8.03. The summed E-state index contributed by atoms with van der Waals surface area (Å²) in [6, 6.07) is 0. The number of hydrogen-bond donors (Lipinski definition) is 2. The minimum Gasteiger partial charge on any atom is -0.478 e. The third kappa shape index (κ3) is 2.86. The van der Waals surface area contributed by atoms with Crippen molar-refractivity contribution < 1.29 is 23.1 Å². The van der Waals surface area contributed by atoms with E-state index in [4.69, 9.17) is 5.11 Å². The highest BCUT2D eigenvalue weighted by atomic mass is 35.5. The van der Waals surface area contributed by atoms with Crippen LogP contribution in [0.2, 0.25) is 0 Å². The van der Waals surface area contributed by atoms with Gasteiger partial charge in [0.15, 0.2) is 0 Å². The predicted molar refractivity (Wildman–Crippen MR) is 38.1 cm³/mol. The zero-order valence-electron chi connectivity index (χ0n) is 6.13. The van der Waals surface area contributed by atoms with Gasteiger partial charge in [-0.3, -0.25) is 5.73 Å². The Hall–Kier alpha value is -0.490. The Labute approximate surface area is 73.1 Å². The van der Waals surface area contributed by atoms with Crippen molar-refractivity contribution in [2.75, 3.05) is 0 Å². The number of aliphatic carboxylic acids is 1. The molecule has 0 aromatic rings. The second kappa shape index (κ2) is 4.51. The molecule has 0 amide bonds. The van der Waals surface area contributed by atoms with Crippen LogP contribution in [0.3, 0.4) is 0 Å². The molecule has 0 aliphatic carbocycles. The highest BCUT2D eigenvalue weighted by Crippen LogP contribution is 2.22. The van der Waals surface area contributed by atoms with Gasteiger partial charge < -0.3 is 5.11 Å². The number of hydrogen-bond acceptors (Lipinski definition) is 2. The van der Waals surface area contributed by atoms with Crippen molar-refractivity contribution >= 4 is 18.4 Å². The third-order valence-electron chi connectivity index (χ3n) is 1.37. The average molecular weight is 208 g/mol. The van der Waals surface area contributed by atoms with Gasteiger partial charge in [-0.25, -0.2) is 18.0 Å². The van der Waals surface area contributed by atoms with Crippen LogP contribution in [0.25, 0.3) is 0 Å². The fraction of sp³-hybridized carbons (Fsp3) is 0.800. The molecular weight excluding hydrogens is 199 g/mol. The summed E-state index contributed by atoms with van der Waals surface area (Å²) in [6.07, 6.45) is -3.08. The van der Waals surface area contributed by atoms with Crippen LogP contribution in [0.5, 0.6) is 0 Å². The molecule has 0 bridgehead atoms. The summed E-state index contributed by atoms with van der Waals surface area (Å²) in [5.74, 6) is -7.45. The normalized spacial score (nSPS) is 17.8. The summed E-state index contributed by atoms with van der Waals surface area (Å²) >= 11 is 0. The van der Waals surface area contributed by atoms with Gasteiger partial charge in [0.25, 0.3) is 5.79 Å². The molecule has 0 fully saturated rings. The first-order chi connectivity index (χ1) is 4.80. The first-order valence-corrected chi connectivity index (χ1v) is 2.79. The van der Waals surface area contributed by atoms with Crippen LogP contribution in [0.4, 0.5) is 13.2 Å². The number of alkyl halides is 3. The molecule has 2 atom stereocenters. The lowest BCUT2D eigenvalue weighted by molar-refractivity contribution is -0.159. The van der Waals surface area contributed by atoms with Gasteiger partial charge in [0.05, 0.1) is 5.92 Å². The Morgan fingerprint density at radius 1 is 1.58 bits per heavy atom. The van der Waals surface area contributed by atoms with Crippen LogP contribution in [-0.2, 0) is 4.79 Å². The zero-order valence-corrected chi connectivity index (χ0v) is 6.95. The van der Waals surface area contributed by atoms with Crippen molar-refractivity contribution in [3.63, 3.8) is 0 Å². The van der Waals surface area contributed by atoms with Crippen molar-refractivity contribution in [3.8, 4) is 0 Å². The van der Waals surface area contributed by atoms with Gasteiger partial charge in [-0.1, -0.05) is 6.92 Å². The largest absolute Gasteiger partial charge is 0.478 e. The van der Waals surface area contributed by atoms with Crippen LogP contribution in [0.15, 0.2) is 0 Å². The lowest BCUT2D eigenvalue weighted by Crippen LogP contribution is -2.51. The Balaban J connectivity index is 0. The molecule has 0 aromatic heterocycles. The van der Waals surface area contributed by atoms with Crippen LogP contribution in [-0.4, -0.2) is 23.3 Å². The molecule has 0 spiro atoms. The molecule has 2 unspecified atom stereocenters. The predicted octanol–water partition coefficient (Wildman–Crippen LogP) is 1.02. The van der Waals surface area contributed by atoms with Gasteiger partial charge >= 0.3 is 5.97 Å². The molecule has 0 saturated heterocycles. The molecule has 3 N–H and O–H groups in total. The maximum atomic E-state index is 12.6. The van der Waals surface area contributed by atoms with E-state index >= 15 is 0 Å². The van der Waals surface area contributed by atoms with Gasteiger partial charge in [-0.05, 0) is 0 Å². The lowest BCUT2D eigenvalue weighted by atomic mass is 10.0. The minimum atomic E-state index is -3.35. The summed E-state index contributed by atoms with van der Waals surface area (Å²) in [7, 11) is 0. The number of carbonyl (C=O) groups is 1. The van der Waals surface area contributed by atoms with Crippen LogP contribution >= 0.6 is 12.4 Å². The standard InChI is InChI=1S/C5H8F3NO2.ClH/c1-2(3(6)7)5(8,9)4(10)11;/h2-3H,9H2,1H3,(H,10,11);1H. The molecule has 7 heteroatoms. The van der Waals surface area contributed by atoms with Crippen molar-refractivity contribution in [3.05, 3.63) is 0 Å². The van der Waals surface area contributed by atoms with E-state index in [0.29, 0.717) is 0 Å². The first-order valence-electron chi connectivity index (χ1n) is 2.79. The van der Waals surface area contributed by atoms with Crippen molar-refractivity contribution in [1.29, 1.82) is 0 Å². The zero-order chi connectivity index (χ0) is 9.23. The fourth-order valence-electron chi connectivity index (χ4n) is 0.378. The second-order valence-corrected chi connectivity index (χ2v) is 2.20. The van der Waals surface area contributed by atoms with E-state index in [9.17, 15) is 18.0 Å². The van der Waals surface area contributed by atoms with E-state index in [0.717, 1.165) is 6.92 Å². The third-order valence-corrected chi connectivity index (χ3v) is 1.37. The summed E-state index contributed by atoms with van der Waals surface area (Å²) in [5.41, 5.74) is 4.46. The SMILES string of the molecule is CC(C(F)F)C(N)(F)C(=O)O.Cl. The van der Waals surface area contributed by atoms with Crippen LogP contribution in [0.1, 0.15) is 6.92 Å². The second-order valence-electron chi connectivity index (χ2n) is 2.20. The molecule has 74 valence electrons. The smallest absolute Gasteiger partial charge is 0.357 e. The quantitative estimate of drug-likeness (QED) is 0.679. The fourth-order valence-corrected chi connectivity index (χ4v) is 0.378. The molecule has 0 heterocycles. The number of carboxylic acid groups (broad SMARTS) is 1. The van der Waals surface area contributed by atoms with Crippen LogP contribution < -0.4 is 5.73 Å². The molecule has 0 saturated carbocycles. The van der Waals surface area contributed by atoms with Crippen LogP contribution in [0, 0.1) is 5.92 Å². The van der Waals surface area contributed by atoms with Gasteiger partial charge in [0.2, 0.25) is 6.43 Å². The van der Waals surface area contributed by atoms with E-state index in [1.54, 1.807) is 0 Å². The molecular formula is C5H9ClF3NO2. The number of rotatable bonds is 3. The molecule has 3 nitrogen and oxygen atoms in total. The number of carboxylic acids is 1. The van der Waals surface area contributed by atoms with E-state index in [1.165, 1.54) is 0 Å². The summed E-state index contributed by atoms with van der Waals surface area (Å²) < 4.78 is 36.0. The van der Waals surface area contributed by atoms with E-state index < -0.39 is 24.1 Å². The van der Waals surface area contributed by atoms with Gasteiger partial charge in [-0.15, -0.1) is 12.4 Å². The summed E-state index contributed by atoms with van der Waals surface area (Å²) in [4.78, 5) is 9.93. The molecule has 0 radical (unpaired) electrons. The molecule has 0 aliphatic rings. The average Bonchev–Trinajstić information content (AvgIpc) is 1.85. The Kier molecular flexibility index (Phi) is 5.29. The lowest BCUT2D eigenvalue weighted by Gasteiger charge is -2.21. The van der Waals surface area contributed by atoms with Crippen molar-refractivity contribution in [2.45, 2.75) is 19.1 Å². The van der Waals surface area contributed by atoms with Gasteiger partial charge in [0, 0.05) is 0 Å². The van der Waals surface area contributed by atoms with Crippen molar-refractivity contribution in [2.24, 2.45) is 11.7 Å². The molecule has 12 heavy (non-hydrogen) atoms. The topological polar surface area (TPSA) is 63.3 Å². The molecule has 0 aromatic carbocycles.